The van der Waals surface area contributed by atoms with Crippen molar-refractivity contribution in [3.8, 4) is 0 Å². The molecule has 28 heavy (non-hydrogen) atoms. The van der Waals surface area contributed by atoms with Gasteiger partial charge in [-0.25, -0.2) is 13.4 Å². The van der Waals surface area contributed by atoms with Gasteiger partial charge >= 0.3 is 0 Å². The molecule has 0 spiro atoms. The van der Waals surface area contributed by atoms with E-state index in [1.165, 1.54) is 10.6 Å². The number of aliphatic imine (C=N–C) groups is 1. The fourth-order valence-electron chi connectivity index (χ4n) is 3.44. The van der Waals surface area contributed by atoms with Gasteiger partial charge < -0.3 is 0 Å². The number of rotatable bonds is 3. The lowest BCUT2D eigenvalue weighted by atomic mass is 10.0. The molecule has 1 atom stereocenters. The monoisotopic (exact) mass is 434 g/mol. The van der Waals surface area contributed by atoms with Crippen LogP contribution < -0.4 is 9.73 Å². The van der Waals surface area contributed by atoms with Crippen LogP contribution in [0, 0.1) is 0 Å². The van der Waals surface area contributed by atoms with E-state index in [0.717, 1.165) is 33.4 Å². The van der Waals surface area contributed by atoms with E-state index in [1.54, 1.807) is 23.9 Å². The summed E-state index contributed by atoms with van der Waals surface area (Å²) >= 11 is 7.47. The van der Waals surface area contributed by atoms with Gasteiger partial charge in [-0.2, -0.15) is 5.10 Å². The molecule has 2 aromatic rings. The lowest BCUT2D eigenvalue weighted by Gasteiger charge is -2.22. The lowest BCUT2D eigenvalue weighted by Crippen LogP contribution is -2.34. The summed E-state index contributed by atoms with van der Waals surface area (Å²) in [5.41, 5.74) is 7.51. The van der Waals surface area contributed by atoms with Crippen LogP contribution in [0.15, 0.2) is 52.6 Å². The molecule has 0 aliphatic carbocycles. The lowest BCUT2D eigenvalue weighted by molar-refractivity contribution is 0.590. The summed E-state index contributed by atoms with van der Waals surface area (Å²) in [7, 11) is -3.28. The van der Waals surface area contributed by atoms with Gasteiger partial charge in [-0.15, -0.1) is 0 Å². The summed E-state index contributed by atoms with van der Waals surface area (Å²) in [6.07, 6.45) is 1.95. The van der Waals surface area contributed by atoms with Gasteiger partial charge in [0, 0.05) is 16.8 Å². The predicted molar refractivity (Wildman–Crippen MR) is 118 cm³/mol. The number of hydrogen-bond acceptors (Lipinski definition) is 5. The molecule has 1 N–H and O–H groups in total. The molecule has 0 bridgehead atoms. The Morgan fingerprint density at radius 3 is 2.64 bits per heavy atom. The van der Waals surface area contributed by atoms with Gasteiger partial charge in [0.1, 0.15) is 0 Å². The van der Waals surface area contributed by atoms with Gasteiger partial charge in [-0.05, 0) is 60.9 Å². The van der Waals surface area contributed by atoms with Gasteiger partial charge in [-0.3, -0.25) is 9.73 Å². The molecule has 2 heterocycles. The molecule has 0 aromatic heterocycles. The average Bonchev–Trinajstić information content (AvgIpc) is 2.99. The number of nitrogens with zero attached hydrogens (tertiary/aromatic N) is 3. The highest BCUT2D eigenvalue weighted by molar-refractivity contribution is 8.14. The Hall–Kier alpha value is -2.03. The highest BCUT2D eigenvalue weighted by atomic mass is 35.5. The molecule has 2 aliphatic heterocycles. The minimum Gasteiger partial charge on any atom is -0.267 e. The summed E-state index contributed by atoms with van der Waals surface area (Å²) in [5, 5.41) is 5.87. The first-order chi connectivity index (χ1) is 13.3. The van der Waals surface area contributed by atoms with Crippen molar-refractivity contribution in [1.82, 2.24) is 5.43 Å². The van der Waals surface area contributed by atoms with Gasteiger partial charge in [0.05, 0.1) is 23.3 Å². The average molecular weight is 435 g/mol. The molecule has 0 unspecified atom stereocenters. The van der Waals surface area contributed by atoms with Crippen LogP contribution in [0.4, 0.5) is 11.4 Å². The molecule has 146 valence electrons. The van der Waals surface area contributed by atoms with Crippen LogP contribution in [0.3, 0.4) is 0 Å². The number of halogens is 1. The number of anilines is 1. The summed E-state index contributed by atoms with van der Waals surface area (Å²) < 4.78 is 25.6. The molecular formula is C19H19ClN4O2S2. The number of nitrogens with one attached hydrogen (secondary N) is 1. The van der Waals surface area contributed by atoms with Gasteiger partial charge in [0.25, 0.3) is 0 Å². The van der Waals surface area contributed by atoms with Crippen LogP contribution in [-0.2, 0) is 16.4 Å². The van der Waals surface area contributed by atoms with Gasteiger partial charge in [-0.1, -0.05) is 29.4 Å². The van der Waals surface area contributed by atoms with Crippen LogP contribution in [0.25, 0.3) is 0 Å². The standard InChI is InChI=1S/C19H19ClN4O2S2/c1-12-9-14-10-13(3-8-18(14)24(12)28(2,25)26)17-11-27-19(23-22-17)21-16-6-4-15(20)5-7-16/h3-8,10,12H,9,11H2,1-2H3,(H,21,23)/t12-/m0/s1. The fraction of sp³-hybridized carbons (Fsp3) is 0.263. The zero-order chi connectivity index (χ0) is 19.9. The number of benzene rings is 2. The maximum atomic E-state index is 12.1. The van der Waals surface area contributed by atoms with Crippen molar-refractivity contribution in [2.45, 2.75) is 19.4 Å². The predicted octanol–water partition coefficient (Wildman–Crippen LogP) is 3.78. The van der Waals surface area contributed by atoms with Gasteiger partial charge in [0.15, 0.2) is 5.17 Å². The minimum absolute atomic E-state index is 0.0702. The third-order valence-corrected chi connectivity index (χ3v) is 7.01. The van der Waals surface area contributed by atoms with E-state index in [9.17, 15) is 8.42 Å². The van der Waals surface area contributed by atoms with Crippen LogP contribution in [0.1, 0.15) is 18.1 Å². The molecule has 0 saturated heterocycles. The third kappa shape index (κ3) is 3.90. The Morgan fingerprint density at radius 1 is 1.25 bits per heavy atom. The van der Waals surface area contributed by atoms with E-state index < -0.39 is 10.0 Å². The molecule has 9 heteroatoms. The third-order valence-electron chi connectivity index (χ3n) is 4.61. The Bertz CT molecular complexity index is 1080. The molecular weight excluding hydrogens is 416 g/mol. The summed E-state index contributed by atoms with van der Waals surface area (Å²) in [6, 6.07) is 13.1. The Labute approximate surface area is 173 Å². The number of amidine groups is 1. The second kappa shape index (κ2) is 7.42. The van der Waals surface area contributed by atoms with E-state index in [1.807, 2.05) is 37.3 Å². The maximum absolute atomic E-state index is 12.1. The van der Waals surface area contributed by atoms with E-state index >= 15 is 0 Å². The van der Waals surface area contributed by atoms with Crippen LogP contribution >= 0.6 is 23.4 Å². The first kappa shape index (κ1) is 19.3. The van der Waals surface area contributed by atoms with Gasteiger partial charge in [0.2, 0.25) is 10.0 Å². The number of hydrazone groups is 1. The topological polar surface area (TPSA) is 74.1 Å². The quantitative estimate of drug-likeness (QED) is 0.797. The second-order valence-corrected chi connectivity index (χ2v) is 10.1. The van der Waals surface area contributed by atoms with Crippen molar-refractivity contribution >= 4 is 55.6 Å². The van der Waals surface area contributed by atoms with Crippen molar-refractivity contribution in [3.63, 3.8) is 0 Å². The van der Waals surface area contributed by atoms with E-state index in [-0.39, 0.29) is 6.04 Å². The number of thioether (sulfide) groups is 1. The molecule has 0 fully saturated rings. The minimum atomic E-state index is -3.28. The molecule has 2 aliphatic rings. The van der Waals surface area contributed by atoms with Crippen molar-refractivity contribution in [3.05, 3.63) is 58.6 Å². The fourth-order valence-corrected chi connectivity index (χ4v) is 5.62. The largest absolute Gasteiger partial charge is 0.267 e. The Balaban J connectivity index is 1.54. The molecule has 0 radical (unpaired) electrons. The SMILES string of the molecule is C[C@H]1Cc2cc(C3=NNC(=Nc4ccc(Cl)cc4)SC3)ccc2N1S(C)(=O)=O. The Morgan fingerprint density at radius 2 is 2.00 bits per heavy atom. The molecule has 2 aromatic carbocycles. The maximum Gasteiger partial charge on any atom is 0.232 e. The number of fused-ring (bicyclic) bond motifs is 1. The first-order valence-corrected chi connectivity index (χ1v) is 11.9. The number of hydrogen-bond donors (Lipinski definition) is 1. The van der Waals surface area contributed by atoms with E-state index in [0.29, 0.717) is 17.2 Å². The normalized spacial score (nSPS) is 20.7. The summed E-state index contributed by atoms with van der Waals surface area (Å²) in [4.78, 5) is 4.52. The highest BCUT2D eigenvalue weighted by Crippen LogP contribution is 2.35. The first-order valence-electron chi connectivity index (χ1n) is 8.73. The zero-order valence-electron chi connectivity index (χ0n) is 15.4. The number of sulfonamides is 1. The molecule has 4 rings (SSSR count). The van der Waals surface area contributed by atoms with Crippen LogP contribution in [0.5, 0.6) is 0 Å². The smallest absolute Gasteiger partial charge is 0.232 e. The van der Waals surface area contributed by atoms with E-state index in [4.69, 9.17) is 11.6 Å². The van der Waals surface area contributed by atoms with Crippen LogP contribution in [-0.4, -0.2) is 37.3 Å². The second-order valence-electron chi connectivity index (χ2n) is 6.81. The van der Waals surface area contributed by atoms with Crippen LogP contribution in [0.2, 0.25) is 5.02 Å². The van der Waals surface area contributed by atoms with Crippen molar-refractivity contribution in [2.24, 2.45) is 10.1 Å². The Kier molecular flexibility index (Phi) is 5.11. The highest BCUT2D eigenvalue weighted by Gasteiger charge is 2.32. The summed E-state index contributed by atoms with van der Waals surface area (Å²) in [5.74, 6) is 0.684. The van der Waals surface area contributed by atoms with Crippen molar-refractivity contribution < 1.29 is 8.42 Å². The molecule has 0 amide bonds. The van der Waals surface area contributed by atoms with E-state index in [2.05, 4.69) is 15.5 Å². The zero-order valence-corrected chi connectivity index (χ0v) is 17.8. The van der Waals surface area contributed by atoms with Crippen molar-refractivity contribution in [1.29, 1.82) is 0 Å². The summed E-state index contributed by atoms with van der Waals surface area (Å²) in [6.45, 7) is 1.93. The molecule has 0 saturated carbocycles. The molecule has 6 nitrogen and oxygen atoms in total. The van der Waals surface area contributed by atoms with Crippen molar-refractivity contribution in [2.75, 3.05) is 16.3 Å².